The summed E-state index contributed by atoms with van der Waals surface area (Å²) in [7, 11) is -4.39. The standard InChI is InChI=1S/C16H11ClN6O4S/c17-10-2-1-3-11(6-10)23-16-13(8-21-23)15(18-9-19-16)22-20-7-12-4-5-14(27-12)28(24,25)26/h1-6,8-9H,7H2,(H,24,25,26). The van der Waals surface area contributed by atoms with Gasteiger partial charge in [0.25, 0.3) is 0 Å². The fourth-order valence-corrected chi connectivity index (χ4v) is 3.10. The van der Waals surface area contributed by atoms with Gasteiger partial charge in [-0.2, -0.15) is 18.6 Å². The number of hydrogen-bond acceptors (Lipinski definition) is 8. The first-order chi connectivity index (χ1) is 13.4. The average Bonchev–Trinajstić information content (AvgIpc) is 3.29. The van der Waals surface area contributed by atoms with Crippen LogP contribution < -0.4 is 0 Å². The minimum absolute atomic E-state index is 0.0382. The Hall–Kier alpha value is -3.15. The third kappa shape index (κ3) is 3.63. The summed E-state index contributed by atoms with van der Waals surface area (Å²) in [5.74, 6) is 0.510. The molecule has 10 nitrogen and oxygen atoms in total. The quantitative estimate of drug-likeness (QED) is 0.386. The van der Waals surface area contributed by atoms with E-state index in [-0.39, 0.29) is 12.3 Å². The van der Waals surface area contributed by atoms with Crippen LogP contribution in [0.2, 0.25) is 5.02 Å². The number of azo groups is 1. The average molecular weight is 419 g/mol. The van der Waals surface area contributed by atoms with Crippen molar-refractivity contribution in [1.82, 2.24) is 19.7 Å². The van der Waals surface area contributed by atoms with Crippen LogP contribution in [-0.2, 0) is 16.7 Å². The van der Waals surface area contributed by atoms with Gasteiger partial charge in [-0.05, 0) is 30.3 Å². The molecule has 0 aliphatic carbocycles. The van der Waals surface area contributed by atoms with Crippen LogP contribution in [0.3, 0.4) is 0 Å². The Labute approximate surface area is 163 Å². The molecule has 0 unspecified atom stereocenters. The highest BCUT2D eigenvalue weighted by Gasteiger charge is 2.15. The zero-order valence-corrected chi connectivity index (χ0v) is 15.5. The van der Waals surface area contributed by atoms with E-state index in [9.17, 15) is 8.42 Å². The molecule has 3 aromatic heterocycles. The van der Waals surface area contributed by atoms with Crippen LogP contribution in [0, 0.1) is 0 Å². The molecule has 0 saturated carbocycles. The highest BCUT2D eigenvalue weighted by atomic mass is 35.5. The number of aromatic nitrogens is 4. The van der Waals surface area contributed by atoms with Gasteiger partial charge in [0.1, 0.15) is 18.6 Å². The zero-order valence-electron chi connectivity index (χ0n) is 14.0. The normalized spacial score (nSPS) is 12.2. The molecule has 0 fully saturated rings. The van der Waals surface area contributed by atoms with Gasteiger partial charge < -0.3 is 4.42 Å². The number of furan rings is 1. The van der Waals surface area contributed by atoms with E-state index >= 15 is 0 Å². The Morgan fingerprint density at radius 1 is 1.21 bits per heavy atom. The Bertz CT molecular complexity index is 1300. The maximum atomic E-state index is 11.0. The van der Waals surface area contributed by atoms with Gasteiger partial charge >= 0.3 is 10.1 Å². The van der Waals surface area contributed by atoms with E-state index in [2.05, 4.69) is 25.3 Å². The van der Waals surface area contributed by atoms with Crippen molar-refractivity contribution in [3.63, 3.8) is 0 Å². The maximum Gasteiger partial charge on any atom is 0.328 e. The van der Waals surface area contributed by atoms with Crippen molar-refractivity contribution in [2.24, 2.45) is 10.2 Å². The maximum absolute atomic E-state index is 11.0. The van der Waals surface area contributed by atoms with Crippen molar-refractivity contribution < 1.29 is 17.4 Å². The number of benzene rings is 1. The molecule has 1 aromatic carbocycles. The van der Waals surface area contributed by atoms with Gasteiger partial charge in [0.15, 0.2) is 11.5 Å². The summed E-state index contributed by atoms with van der Waals surface area (Å²) in [6.45, 7) is -0.0382. The second-order valence-corrected chi connectivity index (χ2v) is 7.36. The predicted molar refractivity (Wildman–Crippen MR) is 98.4 cm³/mol. The van der Waals surface area contributed by atoms with E-state index < -0.39 is 15.2 Å². The lowest BCUT2D eigenvalue weighted by Crippen LogP contribution is -1.97. The molecule has 12 heteroatoms. The first-order valence-electron chi connectivity index (χ1n) is 7.80. The van der Waals surface area contributed by atoms with Crippen LogP contribution in [0.25, 0.3) is 16.7 Å². The molecule has 1 N–H and O–H groups in total. The first kappa shape index (κ1) is 18.2. The Balaban J connectivity index is 1.61. The molecular weight excluding hydrogens is 408 g/mol. The molecule has 4 aromatic rings. The highest BCUT2D eigenvalue weighted by Crippen LogP contribution is 2.25. The van der Waals surface area contributed by atoms with Crippen molar-refractivity contribution in [3.8, 4) is 5.69 Å². The van der Waals surface area contributed by atoms with Crippen LogP contribution >= 0.6 is 11.6 Å². The van der Waals surface area contributed by atoms with E-state index in [4.69, 9.17) is 20.6 Å². The summed E-state index contributed by atoms with van der Waals surface area (Å²) >= 11 is 6.03. The summed E-state index contributed by atoms with van der Waals surface area (Å²) < 4.78 is 37.5. The molecule has 0 saturated heterocycles. The summed E-state index contributed by atoms with van der Waals surface area (Å²) in [6.07, 6.45) is 2.90. The van der Waals surface area contributed by atoms with E-state index in [1.165, 1.54) is 12.4 Å². The van der Waals surface area contributed by atoms with Crippen molar-refractivity contribution in [2.75, 3.05) is 0 Å². The fourth-order valence-electron chi connectivity index (χ4n) is 2.46. The summed E-state index contributed by atoms with van der Waals surface area (Å²) in [6, 6.07) is 9.67. The van der Waals surface area contributed by atoms with Crippen molar-refractivity contribution in [3.05, 3.63) is 59.7 Å². The first-order valence-corrected chi connectivity index (χ1v) is 9.62. The van der Waals surface area contributed by atoms with Crippen molar-refractivity contribution >= 4 is 38.6 Å². The molecule has 0 spiro atoms. The highest BCUT2D eigenvalue weighted by molar-refractivity contribution is 7.85. The van der Waals surface area contributed by atoms with Gasteiger partial charge in [0.2, 0.25) is 5.09 Å². The summed E-state index contributed by atoms with van der Waals surface area (Å²) in [4.78, 5) is 8.33. The van der Waals surface area contributed by atoms with Gasteiger partial charge in [-0.3, -0.25) is 4.55 Å². The molecule has 0 bridgehead atoms. The minimum atomic E-state index is -4.39. The molecule has 3 heterocycles. The summed E-state index contributed by atoms with van der Waals surface area (Å²) in [5.41, 5.74) is 1.26. The molecule has 4 rings (SSSR count). The fraction of sp³-hybridized carbons (Fsp3) is 0.0625. The zero-order chi connectivity index (χ0) is 19.7. The molecule has 28 heavy (non-hydrogen) atoms. The molecular formula is C16H11ClN6O4S. The van der Waals surface area contributed by atoms with E-state index in [0.29, 0.717) is 21.9 Å². The molecule has 0 radical (unpaired) electrons. The van der Waals surface area contributed by atoms with Crippen LogP contribution in [0.15, 0.2) is 68.7 Å². The number of halogens is 1. The molecule has 0 amide bonds. The lowest BCUT2D eigenvalue weighted by Gasteiger charge is -2.03. The summed E-state index contributed by atoms with van der Waals surface area (Å²) in [5, 5.41) is 12.9. The van der Waals surface area contributed by atoms with Crippen molar-refractivity contribution in [2.45, 2.75) is 11.6 Å². The lowest BCUT2D eigenvalue weighted by atomic mass is 10.3. The molecule has 0 aliphatic heterocycles. The second kappa shape index (κ2) is 7.11. The van der Waals surface area contributed by atoms with Crippen LogP contribution in [-0.4, -0.2) is 32.7 Å². The Morgan fingerprint density at radius 3 is 2.82 bits per heavy atom. The Morgan fingerprint density at radius 2 is 2.07 bits per heavy atom. The third-order valence-corrected chi connectivity index (χ3v) is 4.64. The van der Waals surface area contributed by atoms with Crippen molar-refractivity contribution in [1.29, 1.82) is 0 Å². The SMILES string of the molecule is O=S(=O)(O)c1ccc(CN=Nc2ncnc3c2cnn3-c2cccc(Cl)c2)o1. The van der Waals surface area contributed by atoms with E-state index in [1.54, 1.807) is 29.1 Å². The van der Waals surface area contributed by atoms with Gasteiger partial charge in [-0.25, -0.2) is 14.6 Å². The largest absolute Gasteiger partial charge is 0.445 e. The smallest absolute Gasteiger partial charge is 0.328 e. The topological polar surface area (TPSA) is 136 Å². The van der Waals surface area contributed by atoms with Gasteiger partial charge in [0, 0.05) is 5.02 Å². The van der Waals surface area contributed by atoms with E-state index in [0.717, 1.165) is 11.8 Å². The molecule has 0 aliphatic rings. The second-order valence-electron chi connectivity index (χ2n) is 5.57. The van der Waals surface area contributed by atoms with Crippen LogP contribution in [0.5, 0.6) is 0 Å². The lowest BCUT2D eigenvalue weighted by molar-refractivity contribution is 0.385. The number of rotatable bonds is 5. The number of hydrogen-bond donors (Lipinski definition) is 1. The number of fused-ring (bicyclic) bond motifs is 1. The van der Waals surface area contributed by atoms with Crippen LogP contribution in [0.1, 0.15) is 5.76 Å². The molecule has 0 atom stereocenters. The third-order valence-electron chi connectivity index (χ3n) is 3.68. The van der Waals surface area contributed by atoms with Gasteiger partial charge in [0.05, 0.1) is 17.3 Å². The Kier molecular flexibility index (Phi) is 4.63. The van der Waals surface area contributed by atoms with Gasteiger partial charge in [-0.15, -0.1) is 5.11 Å². The monoisotopic (exact) mass is 418 g/mol. The predicted octanol–water partition coefficient (Wildman–Crippen LogP) is 3.59. The molecule has 142 valence electrons. The van der Waals surface area contributed by atoms with Gasteiger partial charge in [-0.1, -0.05) is 17.7 Å². The minimum Gasteiger partial charge on any atom is -0.445 e. The van der Waals surface area contributed by atoms with E-state index in [1.807, 2.05) is 6.07 Å². The number of nitrogens with zero attached hydrogens (tertiary/aromatic N) is 6. The van der Waals surface area contributed by atoms with Crippen LogP contribution in [0.4, 0.5) is 5.82 Å².